The van der Waals surface area contributed by atoms with Gasteiger partial charge in [0, 0.05) is 0 Å². The van der Waals surface area contributed by atoms with Crippen LogP contribution in [0.5, 0.6) is 0 Å². The lowest BCUT2D eigenvalue weighted by Crippen LogP contribution is -2.28. The summed E-state index contributed by atoms with van der Waals surface area (Å²) in [4.78, 5) is 30.1. The van der Waals surface area contributed by atoms with Gasteiger partial charge in [0.15, 0.2) is 5.92 Å². The van der Waals surface area contributed by atoms with E-state index in [1.54, 1.807) is 0 Å². The van der Waals surface area contributed by atoms with Crippen LogP contribution in [0, 0.1) is 5.92 Å². The number of allylic oxidation sites excluding steroid dienone is 1. The molecule has 7 heteroatoms. The molecule has 0 heterocycles. The average Bonchev–Trinajstić information content (AvgIpc) is 2.26. The lowest BCUT2D eigenvalue weighted by molar-refractivity contribution is -0.154. The third kappa shape index (κ3) is 9.10. The van der Waals surface area contributed by atoms with Crippen molar-refractivity contribution >= 4 is 17.9 Å². The number of nitrogens with two attached hydrogens (primary N) is 1. The van der Waals surface area contributed by atoms with Gasteiger partial charge >= 0.3 is 17.9 Å². The van der Waals surface area contributed by atoms with Gasteiger partial charge < -0.3 is 21.1 Å². The number of rotatable bonds is 7. The molecule has 0 aromatic carbocycles. The van der Waals surface area contributed by atoms with E-state index in [9.17, 15) is 14.4 Å². The van der Waals surface area contributed by atoms with Crippen LogP contribution in [0.25, 0.3) is 0 Å². The number of aliphatic carboxylic acids is 3. The topological polar surface area (TPSA) is 138 Å². The maximum absolute atomic E-state index is 10.1. The Hall–Kier alpha value is -2.15. The normalized spacial score (nSPS) is 10.8. The van der Waals surface area contributed by atoms with Gasteiger partial charge in [-0.05, 0) is 12.8 Å². The van der Waals surface area contributed by atoms with Crippen molar-refractivity contribution in [3.8, 4) is 0 Å². The molecule has 0 aliphatic heterocycles. The lowest BCUT2D eigenvalue weighted by atomic mass is 10.1. The molecule has 0 bridgehead atoms. The molecule has 0 aliphatic carbocycles. The van der Waals surface area contributed by atoms with E-state index in [-0.39, 0.29) is 6.42 Å². The van der Waals surface area contributed by atoms with Crippen molar-refractivity contribution in [2.45, 2.75) is 18.9 Å². The van der Waals surface area contributed by atoms with E-state index in [0.29, 0.717) is 6.42 Å². The highest BCUT2D eigenvalue weighted by Gasteiger charge is 2.23. The fraction of sp³-hybridized carbons (Fsp3) is 0.364. The van der Waals surface area contributed by atoms with Crippen LogP contribution in [0.2, 0.25) is 0 Å². The summed E-state index contributed by atoms with van der Waals surface area (Å²) in [5.74, 6) is -4.98. The van der Waals surface area contributed by atoms with Gasteiger partial charge in [0.1, 0.15) is 6.04 Å². The van der Waals surface area contributed by atoms with Gasteiger partial charge in [-0.1, -0.05) is 12.2 Å². The van der Waals surface area contributed by atoms with E-state index < -0.39 is 29.9 Å². The molecule has 0 aromatic heterocycles. The Bertz CT molecular complexity index is 311. The van der Waals surface area contributed by atoms with Crippen molar-refractivity contribution < 1.29 is 29.7 Å². The molecule has 0 saturated carbocycles. The number of hydrogen-bond acceptors (Lipinski definition) is 4. The van der Waals surface area contributed by atoms with E-state index in [4.69, 9.17) is 21.1 Å². The molecule has 1 atom stereocenters. The summed E-state index contributed by atoms with van der Waals surface area (Å²) in [5.41, 5.74) is 5.06. The Morgan fingerprint density at radius 3 is 1.44 bits per heavy atom. The quantitative estimate of drug-likeness (QED) is 0.381. The standard InChI is InChI=1S/C6H8O4.C5H9NO2/c1-2-3-4(5(7)8)6(9)10;1-2-3-4(6)5(7)8/h2,4H,1,3H2,(H,7,8)(H,9,10);2,4H,1,3,6H2,(H,7,8). The summed E-state index contributed by atoms with van der Waals surface area (Å²) < 4.78 is 0. The molecule has 0 fully saturated rings. The molecule has 7 nitrogen and oxygen atoms in total. The van der Waals surface area contributed by atoms with E-state index in [2.05, 4.69) is 13.2 Å². The van der Waals surface area contributed by atoms with Crippen LogP contribution in [0.1, 0.15) is 12.8 Å². The largest absolute Gasteiger partial charge is 0.481 e. The Balaban J connectivity index is 0. The minimum absolute atomic E-state index is 0.0370. The Kier molecular flexibility index (Phi) is 10.2. The van der Waals surface area contributed by atoms with Crippen LogP contribution in [-0.2, 0) is 14.4 Å². The first-order chi connectivity index (χ1) is 8.27. The third-order valence-electron chi connectivity index (χ3n) is 1.74. The van der Waals surface area contributed by atoms with Crippen molar-refractivity contribution in [3.05, 3.63) is 25.3 Å². The van der Waals surface area contributed by atoms with Gasteiger partial charge in [-0.25, -0.2) is 0 Å². The maximum atomic E-state index is 10.1. The summed E-state index contributed by atoms with van der Waals surface area (Å²) >= 11 is 0. The second kappa shape index (κ2) is 10.0. The van der Waals surface area contributed by atoms with Gasteiger partial charge in [-0.3, -0.25) is 14.4 Å². The second-order valence-electron chi connectivity index (χ2n) is 3.22. The van der Waals surface area contributed by atoms with Gasteiger partial charge in [0.2, 0.25) is 0 Å². The van der Waals surface area contributed by atoms with Crippen LogP contribution >= 0.6 is 0 Å². The number of carbonyl (C=O) groups is 3. The summed E-state index contributed by atoms with van der Waals surface area (Å²) in [7, 11) is 0. The molecule has 0 amide bonds. The fourth-order valence-electron chi connectivity index (χ4n) is 0.754. The smallest absolute Gasteiger partial charge is 0.320 e. The van der Waals surface area contributed by atoms with Crippen LogP contribution in [-0.4, -0.2) is 39.3 Å². The van der Waals surface area contributed by atoms with Crippen LogP contribution in [0.15, 0.2) is 25.3 Å². The highest BCUT2D eigenvalue weighted by molar-refractivity contribution is 5.92. The van der Waals surface area contributed by atoms with Gasteiger partial charge in [0.05, 0.1) is 0 Å². The molecular formula is C11H17NO6. The molecule has 1 unspecified atom stereocenters. The number of carboxylic acids is 3. The zero-order valence-corrected chi connectivity index (χ0v) is 9.78. The first-order valence-electron chi connectivity index (χ1n) is 4.93. The lowest BCUT2D eigenvalue weighted by Gasteiger charge is -2.01. The van der Waals surface area contributed by atoms with Gasteiger partial charge in [0.25, 0.3) is 0 Å². The van der Waals surface area contributed by atoms with Crippen molar-refractivity contribution in [2.75, 3.05) is 0 Å². The summed E-state index contributed by atoms with van der Waals surface area (Å²) in [6.45, 7) is 6.58. The molecule has 102 valence electrons. The average molecular weight is 259 g/mol. The minimum atomic E-state index is -1.35. The Morgan fingerprint density at radius 2 is 1.33 bits per heavy atom. The van der Waals surface area contributed by atoms with Crippen molar-refractivity contribution in [1.82, 2.24) is 0 Å². The Morgan fingerprint density at radius 1 is 0.944 bits per heavy atom. The fourth-order valence-corrected chi connectivity index (χ4v) is 0.754. The van der Waals surface area contributed by atoms with E-state index >= 15 is 0 Å². The maximum Gasteiger partial charge on any atom is 0.320 e. The van der Waals surface area contributed by atoms with Gasteiger partial charge in [-0.15, -0.1) is 13.2 Å². The molecule has 5 N–H and O–H groups in total. The molecule has 0 rings (SSSR count). The zero-order chi connectivity index (χ0) is 14.7. The molecule has 0 radical (unpaired) electrons. The molecule has 0 aliphatic rings. The van der Waals surface area contributed by atoms with Crippen LogP contribution in [0.4, 0.5) is 0 Å². The van der Waals surface area contributed by atoms with Crippen molar-refractivity contribution in [3.63, 3.8) is 0 Å². The predicted octanol–water partition coefficient (Wildman–Crippen LogP) is 0.322. The Labute approximate surface area is 104 Å². The second-order valence-corrected chi connectivity index (χ2v) is 3.22. The minimum Gasteiger partial charge on any atom is -0.481 e. The van der Waals surface area contributed by atoms with Crippen LogP contribution in [0.3, 0.4) is 0 Å². The van der Waals surface area contributed by atoms with Crippen molar-refractivity contribution in [1.29, 1.82) is 0 Å². The highest BCUT2D eigenvalue weighted by atomic mass is 16.4. The monoisotopic (exact) mass is 259 g/mol. The van der Waals surface area contributed by atoms with Gasteiger partial charge in [-0.2, -0.15) is 0 Å². The molecule has 18 heavy (non-hydrogen) atoms. The summed E-state index contributed by atoms with van der Waals surface area (Å²) in [6.07, 6.45) is 3.05. The van der Waals surface area contributed by atoms with E-state index in [1.807, 2.05) is 0 Å². The molecular weight excluding hydrogens is 242 g/mol. The van der Waals surface area contributed by atoms with E-state index in [0.717, 1.165) is 0 Å². The highest BCUT2D eigenvalue weighted by Crippen LogP contribution is 2.03. The first kappa shape index (κ1) is 18.2. The molecule has 0 aromatic rings. The number of hydrogen-bond donors (Lipinski definition) is 4. The SMILES string of the molecule is C=CCC(C(=O)O)C(=O)O.C=CCC(N)C(=O)O. The van der Waals surface area contributed by atoms with Crippen LogP contribution < -0.4 is 5.73 Å². The van der Waals surface area contributed by atoms with Crippen molar-refractivity contribution in [2.24, 2.45) is 11.7 Å². The third-order valence-corrected chi connectivity index (χ3v) is 1.74. The molecule has 0 saturated heterocycles. The first-order valence-corrected chi connectivity index (χ1v) is 4.93. The summed E-state index contributed by atoms with van der Waals surface area (Å²) in [5, 5.41) is 24.6. The molecule has 0 spiro atoms. The summed E-state index contributed by atoms with van der Waals surface area (Å²) in [6, 6.07) is -0.785. The zero-order valence-electron chi connectivity index (χ0n) is 9.78. The number of carboxylic acid groups (broad SMARTS) is 3. The van der Waals surface area contributed by atoms with E-state index in [1.165, 1.54) is 12.2 Å². The predicted molar refractivity (Wildman–Crippen MR) is 64.0 cm³/mol.